The van der Waals surface area contributed by atoms with E-state index in [4.69, 9.17) is 4.42 Å². The van der Waals surface area contributed by atoms with Gasteiger partial charge >= 0.3 is 0 Å². The molecule has 3 aromatic heterocycles. The first kappa shape index (κ1) is 22.3. The molecule has 1 N–H and O–H groups in total. The predicted molar refractivity (Wildman–Crippen MR) is 129 cm³/mol. The van der Waals surface area contributed by atoms with Crippen LogP contribution in [0.3, 0.4) is 0 Å². The zero-order valence-corrected chi connectivity index (χ0v) is 20.1. The van der Waals surface area contributed by atoms with E-state index in [-0.39, 0.29) is 11.7 Å². The van der Waals surface area contributed by atoms with Gasteiger partial charge in [0.05, 0.1) is 23.3 Å². The van der Waals surface area contributed by atoms with Crippen molar-refractivity contribution in [3.8, 4) is 22.6 Å². The van der Waals surface area contributed by atoms with Crippen LogP contribution >= 0.6 is 23.1 Å². The van der Waals surface area contributed by atoms with Crippen LogP contribution in [0.5, 0.6) is 0 Å². The maximum Gasteiger partial charge on any atom is 0.236 e. The Hall–Kier alpha value is -2.91. The summed E-state index contributed by atoms with van der Waals surface area (Å²) in [5.74, 6) is 1.67. The SMILES string of the molecule is CCCn1c(SCC(=O)Nc2nc(-c3ccc(C)c(C)c3)cs2)nnc1-c1ccoc1C. The van der Waals surface area contributed by atoms with Gasteiger partial charge in [0, 0.05) is 17.5 Å². The van der Waals surface area contributed by atoms with Crippen molar-refractivity contribution in [1.82, 2.24) is 19.7 Å². The highest BCUT2D eigenvalue weighted by atomic mass is 32.2. The first-order valence-corrected chi connectivity index (χ1v) is 12.3. The maximum atomic E-state index is 12.6. The number of carbonyl (C=O) groups is 1. The van der Waals surface area contributed by atoms with E-state index in [0.29, 0.717) is 10.3 Å². The molecule has 166 valence electrons. The lowest BCUT2D eigenvalue weighted by Crippen LogP contribution is -2.14. The Kier molecular flexibility index (Phi) is 6.76. The minimum atomic E-state index is -0.122. The number of thiazole rings is 1. The quantitative estimate of drug-likeness (QED) is 0.333. The molecule has 7 nitrogen and oxygen atoms in total. The Morgan fingerprint density at radius 3 is 2.75 bits per heavy atom. The predicted octanol–water partition coefficient (Wildman–Crippen LogP) is 5.73. The number of benzene rings is 1. The molecule has 0 atom stereocenters. The molecule has 32 heavy (non-hydrogen) atoms. The zero-order chi connectivity index (χ0) is 22.7. The molecule has 9 heteroatoms. The Bertz CT molecular complexity index is 1240. The van der Waals surface area contributed by atoms with Crippen molar-refractivity contribution in [2.45, 2.75) is 45.8 Å². The second-order valence-corrected chi connectivity index (χ2v) is 9.32. The van der Waals surface area contributed by atoms with Crippen molar-refractivity contribution in [3.63, 3.8) is 0 Å². The molecular formula is C23H25N5O2S2. The number of carbonyl (C=O) groups excluding carboxylic acids is 1. The molecule has 0 saturated carbocycles. The van der Waals surface area contributed by atoms with Gasteiger partial charge in [-0.05, 0) is 50.5 Å². The molecule has 0 radical (unpaired) electrons. The largest absolute Gasteiger partial charge is 0.469 e. The highest BCUT2D eigenvalue weighted by molar-refractivity contribution is 7.99. The van der Waals surface area contributed by atoms with Gasteiger partial charge in [-0.25, -0.2) is 4.98 Å². The number of anilines is 1. The van der Waals surface area contributed by atoms with E-state index in [2.05, 4.69) is 59.5 Å². The fraction of sp³-hybridized carbons (Fsp3) is 0.304. The standard InChI is InChI=1S/C23H25N5O2S2/c1-5-9-28-21(18-8-10-30-16(18)4)26-27-23(28)32-13-20(29)25-22-24-19(12-31-22)17-7-6-14(2)15(3)11-17/h6-8,10-12H,5,9,13H2,1-4H3,(H,24,25,29). The third-order valence-electron chi connectivity index (χ3n) is 5.15. The van der Waals surface area contributed by atoms with Crippen molar-refractivity contribution < 1.29 is 9.21 Å². The van der Waals surface area contributed by atoms with Gasteiger partial charge in [-0.15, -0.1) is 21.5 Å². The monoisotopic (exact) mass is 467 g/mol. The number of nitrogens with zero attached hydrogens (tertiary/aromatic N) is 4. The fourth-order valence-corrected chi connectivity index (χ4v) is 4.79. The van der Waals surface area contributed by atoms with Gasteiger partial charge in [0.25, 0.3) is 0 Å². The van der Waals surface area contributed by atoms with Crippen LogP contribution in [0.15, 0.2) is 45.5 Å². The summed E-state index contributed by atoms with van der Waals surface area (Å²) < 4.78 is 7.45. The second kappa shape index (κ2) is 9.70. The molecule has 0 aliphatic carbocycles. The molecule has 4 rings (SSSR count). The van der Waals surface area contributed by atoms with E-state index in [1.54, 1.807) is 6.26 Å². The van der Waals surface area contributed by atoms with Crippen molar-refractivity contribution in [2.24, 2.45) is 0 Å². The average molecular weight is 468 g/mol. The molecular weight excluding hydrogens is 442 g/mol. The normalized spacial score (nSPS) is 11.1. The summed E-state index contributed by atoms with van der Waals surface area (Å²) in [6, 6.07) is 8.15. The lowest BCUT2D eigenvalue weighted by molar-refractivity contribution is -0.113. The van der Waals surface area contributed by atoms with Gasteiger partial charge in [0.2, 0.25) is 5.91 Å². The number of nitrogens with one attached hydrogen (secondary N) is 1. The van der Waals surface area contributed by atoms with Gasteiger partial charge in [-0.3, -0.25) is 4.79 Å². The first-order valence-electron chi connectivity index (χ1n) is 10.4. The van der Waals surface area contributed by atoms with Crippen LogP contribution in [0.1, 0.15) is 30.2 Å². The van der Waals surface area contributed by atoms with E-state index in [9.17, 15) is 4.79 Å². The summed E-state index contributed by atoms with van der Waals surface area (Å²) >= 11 is 2.79. The summed E-state index contributed by atoms with van der Waals surface area (Å²) in [5, 5.41) is 14.8. The van der Waals surface area contributed by atoms with Crippen LogP contribution in [0.4, 0.5) is 5.13 Å². The zero-order valence-electron chi connectivity index (χ0n) is 18.5. The Morgan fingerprint density at radius 2 is 2.03 bits per heavy atom. The average Bonchev–Trinajstić information content (AvgIpc) is 3.49. The molecule has 0 aliphatic heterocycles. The Morgan fingerprint density at radius 1 is 1.19 bits per heavy atom. The molecule has 0 unspecified atom stereocenters. The van der Waals surface area contributed by atoms with Crippen molar-refractivity contribution >= 4 is 34.1 Å². The van der Waals surface area contributed by atoms with Gasteiger partial charge in [-0.2, -0.15) is 0 Å². The van der Waals surface area contributed by atoms with E-state index in [1.165, 1.54) is 34.2 Å². The van der Waals surface area contributed by atoms with Gasteiger partial charge < -0.3 is 14.3 Å². The van der Waals surface area contributed by atoms with Crippen LogP contribution in [0.25, 0.3) is 22.6 Å². The number of aryl methyl sites for hydroxylation is 3. The topological polar surface area (TPSA) is 85.8 Å². The van der Waals surface area contributed by atoms with Crippen molar-refractivity contribution in [3.05, 3.63) is 52.8 Å². The third-order valence-corrected chi connectivity index (χ3v) is 6.87. The number of aromatic nitrogens is 4. The maximum absolute atomic E-state index is 12.6. The van der Waals surface area contributed by atoms with Crippen LogP contribution in [-0.4, -0.2) is 31.4 Å². The van der Waals surface area contributed by atoms with E-state index in [1.807, 2.05) is 22.9 Å². The number of hydrogen-bond donors (Lipinski definition) is 1. The van der Waals surface area contributed by atoms with Gasteiger partial charge in [-0.1, -0.05) is 30.8 Å². The van der Waals surface area contributed by atoms with Crippen LogP contribution in [-0.2, 0) is 11.3 Å². The Labute approximate surface area is 195 Å². The summed E-state index contributed by atoms with van der Waals surface area (Å²) in [6.45, 7) is 8.94. The summed E-state index contributed by atoms with van der Waals surface area (Å²) in [5.41, 5.74) is 5.30. The third kappa shape index (κ3) is 4.78. The van der Waals surface area contributed by atoms with Crippen LogP contribution < -0.4 is 5.32 Å². The molecule has 4 aromatic rings. The Balaban J connectivity index is 1.41. The smallest absolute Gasteiger partial charge is 0.236 e. The number of rotatable bonds is 8. The molecule has 0 fully saturated rings. The highest BCUT2D eigenvalue weighted by Gasteiger charge is 2.18. The molecule has 3 heterocycles. The summed E-state index contributed by atoms with van der Waals surface area (Å²) in [4.78, 5) is 17.1. The summed E-state index contributed by atoms with van der Waals surface area (Å²) in [6.07, 6.45) is 2.58. The molecule has 1 aromatic carbocycles. The lowest BCUT2D eigenvalue weighted by Gasteiger charge is -2.08. The molecule has 0 spiro atoms. The van der Waals surface area contributed by atoms with Crippen molar-refractivity contribution in [2.75, 3.05) is 11.1 Å². The molecule has 0 saturated heterocycles. The molecule has 0 aliphatic rings. The lowest BCUT2D eigenvalue weighted by atomic mass is 10.1. The fourth-order valence-electron chi connectivity index (χ4n) is 3.29. The van der Waals surface area contributed by atoms with E-state index >= 15 is 0 Å². The van der Waals surface area contributed by atoms with Gasteiger partial charge in [0.15, 0.2) is 16.1 Å². The summed E-state index contributed by atoms with van der Waals surface area (Å²) in [7, 11) is 0. The number of amides is 1. The number of hydrogen-bond acceptors (Lipinski definition) is 7. The van der Waals surface area contributed by atoms with Crippen LogP contribution in [0, 0.1) is 20.8 Å². The van der Waals surface area contributed by atoms with Crippen molar-refractivity contribution in [1.29, 1.82) is 0 Å². The first-order chi connectivity index (χ1) is 15.5. The van der Waals surface area contributed by atoms with E-state index in [0.717, 1.165) is 41.4 Å². The highest BCUT2D eigenvalue weighted by Crippen LogP contribution is 2.29. The molecule has 1 amide bonds. The minimum Gasteiger partial charge on any atom is -0.469 e. The van der Waals surface area contributed by atoms with Gasteiger partial charge in [0.1, 0.15) is 5.76 Å². The minimum absolute atomic E-state index is 0.122. The number of furan rings is 1. The van der Waals surface area contributed by atoms with Crippen LogP contribution in [0.2, 0.25) is 0 Å². The molecule has 0 bridgehead atoms. The number of thioether (sulfide) groups is 1. The second-order valence-electron chi connectivity index (χ2n) is 7.52. The van der Waals surface area contributed by atoms with E-state index < -0.39 is 0 Å².